The molecule has 1 saturated carbocycles. The Hall–Kier alpha value is -0.830. The van der Waals surface area contributed by atoms with E-state index in [1.54, 1.807) is 18.0 Å². The average molecular weight is 196 g/mol. The van der Waals surface area contributed by atoms with Crippen LogP contribution in [0.4, 0.5) is 0 Å². The summed E-state index contributed by atoms with van der Waals surface area (Å²) >= 11 is 0. The first kappa shape index (κ1) is 11.2. The summed E-state index contributed by atoms with van der Waals surface area (Å²) in [7, 11) is 1.78. The van der Waals surface area contributed by atoms with Crippen molar-refractivity contribution in [1.29, 1.82) is 0 Å². The van der Waals surface area contributed by atoms with Crippen LogP contribution in [-0.4, -0.2) is 29.9 Å². The lowest BCUT2D eigenvalue weighted by molar-refractivity contribution is -0.136. The minimum Gasteiger partial charge on any atom is -0.340 e. The maximum Gasteiger partial charge on any atom is 0.242 e. The number of hydrogen-bond acceptors (Lipinski definition) is 2. The summed E-state index contributed by atoms with van der Waals surface area (Å²) in [4.78, 5) is 13.6. The van der Waals surface area contributed by atoms with Gasteiger partial charge in [-0.2, -0.15) is 0 Å². The topological polar surface area (TPSA) is 46.3 Å². The van der Waals surface area contributed by atoms with Crippen LogP contribution in [0.25, 0.3) is 0 Å². The Morgan fingerprint density at radius 3 is 2.57 bits per heavy atom. The van der Waals surface area contributed by atoms with Gasteiger partial charge in [0.05, 0.1) is 5.54 Å². The van der Waals surface area contributed by atoms with Crippen molar-refractivity contribution < 1.29 is 4.79 Å². The molecule has 0 atom stereocenters. The van der Waals surface area contributed by atoms with Crippen molar-refractivity contribution in [2.75, 3.05) is 13.6 Å². The van der Waals surface area contributed by atoms with E-state index in [1.165, 1.54) is 6.42 Å². The van der Waals surface area contributed by atoms with Gasteiger partial charge in [-0.25, -0.2) is 0 Å². The van der Waals surface area contributed by atoms with E-state index in [9.17, 15) is 4.79 Å². The molecule has 1 rings (SSSR count). The highest BCUT2D eigenvalue weighted by Gasteiger charge is 2.36. The van der Waals surface area contributed by atoms with E-state index >= 15 is 0 Å². The van der Waals surface area contributed by atoms with E-state index in [0.717, 1.165) is 25.7 Å². The molecule has 0 heterocycles. The zero-order valence-corrected chi connectivity index (χ0v) is 8.96. The third-order valence-electron chi connectivity index (χ3n) is 2.92. The number of rotatable bonds is 3. The fourth-order valence-corrected chi connectivity index (χ4v) is 2.05. The molecule has 0 bridgehead atoms. The normalized spacial score (nSPS) is 20.1. The number of amides is 1. The molecule has 0 spiro atoms. The first-order chi connectivity index (χ1) is 6.60. The van der Waals surface area contributed by atoms with Crippen LogP contribution in [0.15, 0.2) is 12.7 Å². The van der Waals surface area contributed by atoms with Gasteiger partial charge in [-0.05, 0) is 12.8 Å². The van der Waals surface area contributed by atoms with Crippen molar-refractivity contribution in [3.8, 4) is 0 Å². The molecule has 0 aromatic carbocycles. The molecule has 1 aliphatic rings. The van der Waals surface area contributed by atoms with Crippen LogP contribution >= 0.6 is 0 Å². The van der Waals surface area contributed by atoms with Crippen LogP contribution < -0.4 is 5.73 Å². The van der Waals surface area contributed by atoms with Crippen molar-refractivity contribution in [2.45, 2.75) is 37.6 Å². The van der Waals surface area contributed by atoms with E-state index in [0.29, 0.717) is 6.54 Å². The summed E-state index contributed by atoms with van der Waals surface area (Å²) in [6, 6.07) is 0. The highest BCUT2D eigenvalue weighted by molar-refractivity contribution is 5.86. The minimum absolute atomic E-state index is 0.0668. The lowest BCUT2D eigenvalue weighted by Gasteiger charge is -2.35. The number of carbonyl (C=O) groups is 1. The standard InChI is InChI=1S/C11H20N2O/c1-3-9-13(2)10(14)11(12)7-5-4-6-8-11/h3H,1,4-9,12H2,2H3. The van der Waals surface area contributed by atoms with Gasteiger partial charge in [0.25, 0.3) is 0 Å². The van der Waals surface area contributed by atoms with Crippen LogP contribution in [-0.2, 0) is 4.79 Å². The summed E-state index contributed by atoms with van der Waals surface area (Å²) in [6.07, 6.45) is 6.73. The van der Waals surface area contributed by atoms with E-state index in [4.69, 9.17) is 5.73 Å². The van der Waals surface area contributed by atoms with E-state index in [1.807, 2.05) is 0 Å². The van der Waals surface area contributed by atoms with Crippen LogP contribution in [0.5, 0.6) is 0 Å². The number of nitrogens with zero attached hydrogens (tertiary/aromatic N) is 1. The maximum atomic E-state index is 12.0. The average Bonchev–Trinajstić information content (AvgIpc) is 2.18. The smallest absolute Gasteiger partial charge is 0.242 e. The molecule has 0 radical (unpaired) electrons. The third kappa shape index (κ3) is 2.35. The predicted octanol–water partition coefficient (Wildman–Crippen LogP) is 1.29. The van der Waals surface area contributed by atoms with Gasteiger partial charge in [0.1, 0.15) is 0 Å². The summed E-state index contributed by atoms with van der Waals surface area (Å²) in [5.41, 5.74) is 5.51. The SMILES string of the molecule is C=CCN(C)C(=O)C1(N)CCCCC1. The number of hydrogen-bond donors (Lipinski definition) is 1. The molecule has 0 aliphatic heterocycles. The van der Waals surface area contributed by atoms with E-state index in [2.05, 4.69) is 6.58 Å². The summed E-state index contributed by atoms with van der Waals surface area (Å²) in [6.45, 7) is 4.20. The van der Waals surface area contributed by atoms with E-state index in [-0.39, 0.29) is 5.91 Å². The molecule has 1 amide bonds. The van der Waals surface area contributed by atoms with Crippen molar-refractivity contribution in [1.82, 2.24) is 4.90 Å². The highest BCUT2D eigenvalue weighted by atomic mass is 16.2. The molecule has 0 aromatic rings. The number of carbonyl (C=O) groups excluding carboxylic acids is 1. The first-order valence-corrected chi connectivity index (χ1v) is 5.25. The fourth-order valence-electron chi connectivity index (χ4n) is 2.05. The molecule has 80 valence electrons. The van der Waals surface area contributed by atoms with Crippen LogP contribution in [0.1, 0.15) is 32.1 Å². The van der Waals surface area contributed by atoms with Gasteiger partial charge in [0, 0.05) is 13.6 Å². The third-order valence-corrected chi connectivity index (χ3v) is 2.92. The van der Waals surface area contributed by atoms with Crippen LogP contribution in [0.3, 0.4) is 0 Å². The number of likely N-dealkylation sites (N-methyl/N-ethyl adjacent to an activating group) is 1. The predicted molar refractivity (Wildman–Crippen MR) is 57.8 cm³/mol. The van der Waals surface area contributed by atoms with Gasteiger partial charge < -0.3 is 10.6 Å². The molecule has 0 saturated heterocycles. The summed E-state index contributed by atoms with van der Waals surface area (Å²) < 4.78 is 0. The monoisotopic (exact) mass is 196 g/mol. The molecule has 14 heavy (non-hydrogen) atoms. The Labute approximate surface area is 86.0 Å². The second-order valence-electron chi connectivity index (χ2n) is 4.19. The summed E-state index contributed by atoms with van der Waals surface area (Å²) in [5, 5.41) is 0. The van der Waals surface area contributed by atoms with E-state index < -0.39 is 5.54 Å². The van der Waals surface area contributed by atoms with Crippen molar-refractivity contribution in [2.24, 2.45) is 5.73 Å². The van der Waals surface area contributed by atoms with Gasteiger partial charge in [-0.1, -0.05) is 25.3 Å². The molecule has 3 nitrogen and oxygen atoms in total. The second kappa shape index (κ2) is 4.60. The van der Waals surface area contributed by atoms with Gasteiger partial charge in [0.15, 0.2) is 0 Å². The van der Waals surface area contributed by atoms with Gasteiger partial charge in [0.2, 0.25) is 5.91 Å². The Morgan fingerprint density at radius 2 is 2.07 bits per heavy atom. The molecule has 1 fully saturated rings. The number of nitrogens with two attached hydrogens (primary N) is 1. The highest BCUT2D eigenvalue weighted by Crippen LogP contribution is 2.27. The Morgan fingerprint density at radius 1 is 1.50 bits per heavy atom. The molecular weight excluding hydrogens is 176 g/mol. The second-order valence-corrected chi connectivity index (χ2v) is 4.19. The van der Waals surface area contributed by atoms with Crippen molar-refractivity contribution in [3.63, 3.8) is 0 Å². The molecule has 1 aliphatic carbocycles. The summed E-state index contributed by atoms with van der Waals surface area (Å²) in [5.74, 6) is 0.0668. The fraction of sp³-hybridized carbons (Fsp3) is 0.727. The molecule has 3 heteroatoms. The van der Waals surface area contributed by atoms with Gasteiger partial charge >= 0.3 is 0 Å². The van der Waals surface area contributed by atoms with Crippen LogP contribution in [0.2, 0.25) is 0 Å². The Kier molecular flexibility index (Phi) is 3.69. The van der Waals surface area contributed by atoms with Gasteiger partial charge in [-0.3, -0.25) is 4.79 Å². The largest absolute Gasteiger partial charge is 0.340 e. The molecule has 2 N–H and O–H groups in total. The quantitative estimate of drug-likeness (QED) is 0.691. The van der Waals surface area contributed by atoms with Crippen molar-refractivity contribution >= 4 is 5.91 Å². The zero-order chi connectivity index (χ0) is 10.6. The molecule has 0 unspecified atom stereocenters. The molecular formula is C11H20N2O. The zero-order valence-electron chi connectivity index (χ0n) is 8.96. The van der Waals surface area contributed by atoms with Crippen molar-refractivity contribution in [3.05, 3.63) is 12.7 Å². The van der Waals surface area contributed by atoms with Gasteiger partial charge in [-0.15, -0.1) is 6.58 Å². The lowest BCUT2D eigenvalue weighted by Crippen LogP contribution is -2.55. The first-order valence-electron chi connectivity index (χ1n) is 5.25. The lowest BCUT2D eigenvalue weighted by atomic mass is 9.81. The maximum absolute atomic E-state index is 12.0. The Balaban J connectivity index is 2.60. The molecule has 0 aromatic heterocycles. The van der Waals surface area contributed by atoms with Crippen LogP contribution in [0, 0.1) is 0 Å². The Bertz CT molecular complexity index is 219. The minimum atomic E-state index is -0.601.